The number of nitrogens with one attached hydrogen (secondary N) is 1. The molecule has 7 heteroatoms. The Bertz CT molecular complexity index is 1090. The summed E-state index contributed by atoms with van der Waals surface area (Å²) < 4.78 is 7.49. The van der Waals surface area contributed by atoms with Gasteiger partial charge in [-0.3, -0.25) is 9.36 Å². The van der Waals surface area contributed by atoms with E-state index in [1.54, 1.807) is 6.26 Å². The van der Waals surface area contributed by atoms with Crippen LogP contribution in [0, 0.1) is 6.92 Å². The van der Waals surface area contributed by atoms with Crippen molar-refractivity contribution in [2.45, 2.75) is 18.6 Å². The Balaban J connectivity index is 1.52. The molecular formula is C22H20N4O2S. The van der Waals surface area contributed by atoms with Gasteiger partial charge in [0.1, 0.15) is 0 Å². The lowest BCUT2D eigenvalue weighted by molar-refractivity contribution is -0.113. The first-order valence-electron chi connectivity index (χ1n) is 9.20. The molecule has 1 amide bonds. The molecule has 2 aromatic heterocycles. The molecule has 0 atom stereocenters. The van der Waals surface area contributed by atoms with Crippen molar-refractivity contribution in [3.8, 4) is 11.6 Å². The van der Waals surface area contributed by atoms with E-state index >= 15 is 0 Å². The smallest absolute Gasteiger partial charge is 0.234 e. The Morgan fingerprint density at radius 1 is 1.03 bits per heavy atom. The predicted octanol–water partition coefficient (Wildman–Crippen LogP) is 4.63. The van der Waals surface area contributed by atoms with Gasteiger partial charge in [-0.1, -0.05) is 60.3 Å². The van der Waals surface area contributed by atoms with Crippen molar-refractivity contribution in [2.75, 3.05) is 11.1 Å². The first kappa shape index (κ1) is 19.0. The number of hydrogen-bond acceptors (Lipinski definition) is 5. The van der Waals surface area contributed by atoms with Crippen molar-refractivity contribution >= 4 is 23.4 Å². The molecule has 2 heterocycles. The van der Waals surface area contributed by atoms with Crippen LogP contribution >= 0.6 is 11.8 Å². The number of benzene rings is 2. The van der Waals surface area contributed by atoms with Gasteiger partial charge in [-0.25, -0.2) is 0 Å². The zero-order valence-corrected chi connectivity index (χ0v) is 16.7. The number of anilines is 1. The van der Waals surface area contributed by atoms with E-state index in [0.717, 1.165) is 16.8 Å². The van der Waals surface area contributed by atoms with Crippen molar-refractivity contribution in [1.29, 1.82) is 0 Å². The highest BCUT2D eigenvalue weighted by Gasteiger charge is 2.18. The van der Waals surface area contributed by atoms with Crippen LogP contribution in [0.5, 0.6) is 0 Å². The van der Waals surface area contributed by atoms with E-state index in [9.17, 15) is 4.79 Å². The maximum atomic E-state index is 12.4. The molecule has 29 heavy (non-hydrogen) atoms. The summed E-state index contributed by atoms with van der Waals surface area (Å²) in [5.41, 5.74) is 2.96. The molecular weight excluding hydrogens is 384 g/mol. The van der Waals surface area contributed by atoms with Gasteiger partial charge in [0, 0.05) is 5.69 Å². The van der Waals surface area contributed by atoms with Gasteiger partial charge in [-0.2, -0.15) is 0 Å². The van der Waals surface area contributed by atoms with Crippen LogP contribution in [0.3, 0.4) is 0 Å². The molecule has 0 radical (unpaired) electrons. The average Bonchev–Trinajstić information content (AvgIpc) is 3.39. The van der Waals surface area contributed by atoms with Crippen LogP contribution in [0.2, 0.25) is 0 Å². The molecule has 0 unspecified atom stereocenters. The molecule has 4 aromatic rings. The highest BCUT2D eigenvalue weighted by Crippen LogP contribution is 2.26. The fourth-order valence-electron chi connectivity index (χ4n) is 2.92. The molecule has 0 saturated carbocycles. The van der Waals surface area contributed by atoms with Crippen molar-refractivity contribution in [2.24, 2.45) is 0 Å². The van der Waals surface area contributed by atoms with E-state index < -0.39 is 0 Å². The maximum Gasteiger partial charge on any atom is 0.234 e. The van der Waals surface area contributed by atoms with Crippen LogP contribution < -0.4 is 5.32 Å². The van der Waals surface area contributed by atoms with E-state index in [-0.39, 0.29) is 11.7 Å². The number of rotatable bonds is 7. The zero-order chi connectivity index (χ0) is 20.1. The van der Waals surface area contributed by atoms with Crippen LogP contribution in [0.25, 0.3) is 11.6 Å². The highest BCUT2D eigenvalue weighted by molar-refractivity contribution is 7.99. The van der Waals surface area contributed by atoms with Crippen molar-refractivity contribution < 1.29 is 9.21 Å². The van der Waals surface area contributed by atoms with Crippen LogP contribution in [-0.4, -0.2) is 26.4 Å². The van der Waals surface area contributed by atoms with Gasteiger partial charge in [-0.05, 0) is 36.2 Å². The van der Waals surface area contributed by atoms with Crippen LogP contribution in [0.1, 0.15) is 11.1 Å². The van der Waals surface area contributed by atoms with Crippen molar-refractivity contribution in [1.82, 2.24) is 14.8 Å². The van der Waals surface area contributed by atoms with Gasteiger partial charge in [-0.15, -0.1) is 10.2 Å². The molecule has 0 saturated heterocycles. The minimum absolute atomic E-state index is 0.0851. The molecule has 2 aromatic carbocycles. The van der Waals surface area contributed by atoms with Crippen LogP contribution in [-0.2, 0) is 11.3 Å². The lowest BCUT2D eigenvalue weighted by atomic mass is 10.2. The Hall–Kier alpha value is -3.32. The SMILES string of the molecule is Cc1ccccc1NC(=O)CSc1nnc(-c2ccco2)n1Cc1ccccc1. The maximum absolute atomic E-state index is 12.4. The normalized spacial score (nSPS) is 10.8. The largest absolute Gasteiger partial charge is 0.461 e. The molecule has 6 nitrogen and oxygen atoms in total. The van der Waals surface area contributed by atoms with Gasteiger partial charge in [0.05, 0.1) is 18.6 Å². The highest BCUT2D eigenvalue weighted by atomic mass is 32.2. The van der Waals surface area contributed by atoms with Gasteiger partial charge in [0.25, 0.3) is 0 Å². The summed E-state index contributed by atoms with van der Waals surface area (Å²) in [7, 11) is 0. The van der Waals surface area contributed by atoms with Gasteiger partial charge in [0.2, 0.25) is 11.7 Å². The average molecular weight is 404 g/mol. The molecule has 146 valence electrons. The van der Waals surface area contributed by atoms with E-state index in [2.05, 4.69) is 15.5 Å². The fourth-order valence-corrected chi connectivity index (χ4v) is 3.66. The Morgan fingerprint density at radius 2 is 1.83 bits per heavy atom. The predicted molar refractivity (Wildman–Crippen MR) is 114 cm³/mol. The number of aryl methyl sites for hydroxylation is 1. The second-order valence-electron chi connectivity index (χ2n) is 6.51. The summed E-state index contributed by atoms with van der Waals surface area (Å²) in [6.07, 6.45) is 1.61. The van der Waals surface area contributed by atoms with Crippen molar-refractivity contribution in [3.63, 3.8) is 0 Å². The second kappa shape index (κ2) is 8.79. The number of nitrogens with zero attached hydrogens (tertiary/aromatic N) is 3. The van der Waals surface area contributed by atoms with Gasteiger partial charge in [0.15, 0.2) is 10.9 Å². The Labute approximate surface area is 173 Å². The second-order valence-corrected chi connectivity index (χ2v) is 7.45. The first-order valence-corrected chi connectivity index (χ1v) is 10.2. The fraction of sp³-hybridized carbons (Fsp3) is 0.136. The monoisotopic (exact) mass is 404 g/mol. The van der Waals surface area contributed by atoms with Crippen LogP contribution in [0.15, 0.2) is 82.6 Å². The van der Waals surface area contributed by atoms with Gasteiger partial charge < -0.3 is 9.73 Å². The molecule has 0 aliphatic rings. The van der Waals surface area contributed by atoms with E-state index in [0.29, 0.717) is 23.3 Å². The minimum Gasteiger partial charge on any atom is -0.461 e. The number of carbonyl (C=O) groups is 1. The summed E-state index contributed by atoms with van der Waals surface area (Å²) in [4.78, 5) is 12.4. The summed E-state index contributed by atoms with van der Waals surface area (Å²) in [5.74, 6) is 1.43. The summed E-state index contributed by atoms with van der Waals surface area (Å²) in [6.45, 7) is 2.56. The summed E-state index contributed by atoms with van der Waals surface area (Å²) >= 11 is 1.35. The van der Waals surface area contributed by atoms with E-state index in [1.807, 2.05) is 78.2 Å². The Kier molecular flexibility index (Phi) is 5.76. The van der Waals surface area contributed by atoms with Crippen molar-refractivity contribution in [3.05, 3.63) is 84.1 Å². The topological polar surface area (TPSA) is 73.0 Å². The zero-order valence-electron chi connectivity index (χ0n) is 15.9. The van der Waals surface area contributed by atoms with E-state index in [4.69, 9.17) is 4.42 Å². The Morgan fingerprint density at radius 3 is 2.59 bits per heavy atom. The number of furan rings is 1. The molecule has 0 fully saturated rings. The van der Waals surface area contributed by atoms with Crippen LogP contribution in [0.4, 0.5) is 5.69 Å². The number of hydrogen-bond donors (Lipinski definition) is 1. The lowest BCUT2D eigenvalue weighted by Gasteiger charge is -2.10. The standard InChI is InChI=1S/C22H20N4O2S/c1-16-8-5-6-11-18(16)23-20(27)15-29-22-25-24-21(19-12-7-13-28-19)26(22)14-17-9-3-2-4-10-17/h2-13H,14-15H2,1H3,(H,23,27). The number of amides is 1. The number of para-hydroxylation sites is 1. The number of carbonyl (C=O) groups excluding carboxylic acids is 1. The molecule has 0 aliphatic heterocycles. The molecule has 0 aliphatic carbocycles. The first-order chi connectivity index (χ1) is 14.2. The molecule has 0 bridgehead atoms. The molecule has 1 N–H and O–H groups in total. The minimum atomic E-state index is -0.0851. The number of thioether (sulfide) groups is 1. The van der Waals surface area contributed by atoms with Gasteiger partial charge >= 0.3 is 0 Å². The third-order valence-corrected chi connectivity index (χ3v) is 5.36. The molecule has 0 spiro atoms. The summed E-state index contributed by atoms with van der Waals surface area (Å²) in [6, 6.07) is 21.4. The lowest BCUT2D eigenvalue weighted by Crippen LogP contribution is -2.15. The van der Waals surface area contributed by atoms with E-state index in [1.165, 1.54) is 11.8 Å². The third kappa shape index (κ3) is 4.57. The third-order valence-electron chi connectivity index (χ3n) is 4.39. The molecule has 4 rings (SSSR count). The quantitative estimate of drug-likeness (QED) is 0.455. The summed E-state index contributed by atoms with van der Waals surface area (Å²) in [5, 5.41) is 12.2. The number of aromatic nitrogens is 3.